The monoisotopic (exact) mass is 618 g/mol. The maximum Gasteiger partial charge on any atom is 0.249 e. The van der Waals surface area contributed by atoms with Gasteiger partial charge in [-0.1, -0.05) is 152 Å². The predicted molar refractivity (Wildman–Crippen MR) is 190 cm³/mol. The Balaban J connectivity index is 3.70. The fourth-order valence-electron chi connectivity index (χ4n) is 5.28. The summed E-state index contributed by atoms with van der Waals surface area (Å²) in [7, 11) is 0. The van der Waals surface area contributed by atoms with Crippen LogP contribution in [0.15, 0.2) is 48.6 Å². The molecule has 3 unspecified atom stereocenters. The van der Waals surface area contributed by atoms with Gasteiger partial charge in [-0.15, -0.1) is 0 Å². The average Bonchev–Trinajstić information content (AvgIpc) is 3.03. The molecule has 0 aromatic carbocycles. The number of hydrogen-bond donors (Lipinski definition) is 4. The maximum absolute atomic E-state index is 12.4. The van der Waals surface area contributed by atoms with Gasteiger partial charge in [-0.2, -0.15) is 0 Å². The molecule has 0 aliphatic heterocycles. The number of rotatable bonds is 32. The van der Waals surface area contributed by atoms with Crippen molar-refractivity contribution in [3.63, 3.8) is 0 Å². The highest BCUT2D eigenvalue weighted by molar-refractivity contribution is 5.80. The molecule has 256 valence electrons. The van der Waals surface area contributed by atoms with E-state index in [1.54, 1.807) is 6.08 Å². The number of aliphatic hydroxyl groups is 3. The van der Waals surface area contributed by atoms with Crippen LogP contribution in [-0.2, 0) is 4.79 Å². The van der Waals surface area contributed by atoms with Crippen molar-refractivity contribution in [3.8, 4) is 0 Å². The molecule has 0 aromatic rings. The summed E-state index contributed by atoms with van der Waals surface area (Å²) in [6.45, 7) is 3.91. The lowest BCUT2D eigenvalue weighted by atomic mass is 10.0. The number of amides is 1. The van der Waals surface area contributed by atoms with E-state index in [0.717, 1.165) is 51.4 Å². The predicted octanol–water partition coefficient (Wildman–Crippen LogP) is 9.81. The zero-order valence-corrected chi connectivity index (χ0v) is 28.8. The van der Waals surface area contributed by atoms with Crippen LogP contribution in [-0.4, -0.2) is 46.1 Å². The summed E-state index contributed by atoms with van der Waals surface area (Å²) in [5, 5.41) is 32.8. The van der Waals surface area contributed by atoms with E-state index < -0.39 is 24.2 Å². The van der Waals surface area contributed by atoms with Gasteiger partial charge in [-0.3, -0.25) is 4.79 Å². The van der Waals surface area contributed by atoms with Crippen molar-refractivity contribution in [1.29, 1.82) is 0 Å². The summed E-state index contributed by atoms with van der Waals surface area (Å²) >= 11 is 0. The maximum atomic E-state index is 12.4. The summed E-state index contributed by atoms with van der Waals surface area (Å²) in [5.74, 6) is -0.527. The van der Waals surface area contributed by atoms with Crippen LogP contribution in [0.25, 0.3) is 0 Å². The first-order valence-corrected chi connectivity index (χ1v) is 18.4. The Kier molecular flexibility index (Phi) is 32.9. The van der Waals surface area contributed by atoms with E-state index >= 15 is 0 Å². The van der Waals surface area contributed by atoms with Gasteiger partial charge in [0.1, 0.15) is 6.10 Å². The van der Waals surface area contributed by atoms with Crippen LogP contribution in [0, 0.1) is 0 Å². The molecule has 0 aliphatic carbocycles. The second-order valence-electron chi connectivity index (χ2n) is 12.4. The Morgan fingerprint density at radius 3 is 1.52 bits per heavy atom. The third-order valence-corrected chi connectivity index (χ3v) is 8.21. The Labute approximate surface area is 272 Å². The van der Waals surface area contributed by atoms with E-state index in [-0.39, 0.29) is 6.61 Å². The molecule has 0 radical (unpaired) electrons. The first-order chi connectivity index (χ1) is 21.6. The molecule has 0 saturated heterocycles. The molecule has 0 saturated carbocycles. The molecule has 0 fully saturated rings. The number of carbonyl (C=O) groups excluding carboxylic acids is 1. The van der Waals surface area contributed by atoms with Crippen molar-refractivity contribution in [1.82, 2.24) is 5.32 Å². The zero-order chi connectivity index (χ0) is 32.4. The minimum atomic E-state index is -1.11. The van der Waals surface area contributed by atoms with E-state index in [2.05, 4.69) is 48.7 Å². The van der Waals surface area contributed by atoms with Gasteiger partial charge < -0.3 is 20.6 Å². The quantitative estimate of drug-likeness (QED) is 0.0447. The summed E-state index contributed by atoms with van der Waals surface area (Å²) in [4.78, 5) is 12.4. The molecule has 44 heavy (non-hydrogen) atoms. The third kappa shape index (κ3) is 29.0. The highest BCUT2D eigenvalue weighted by atomic mass is 16.3. The molecule has 1 amide bonds. The van der Waals surface area contributed by atoms with Crippen LogP contribution >= 0.6 is 0 Å². The number of hydrogen-bond acceptors (Lipinski definition) is 4. The average molecular weight is 618 g/mol. The van der Waals surface area contributed by atoms with E-state index in [1.807, 2.05) is 13.0 Å². The summed E-state index contributed by atoms with van der Waals surface area (Å²) in [5.41, 5.74) is 0. The second-order valence-corrected chi connectivity index (χ2v) is 12.4. The minimum absolute atomic E-state index is 0.386. The number of unbranched alkanes of at least 4 members (excludes halogenated alkanes) is 19. The fraction of sp³-hybridized carbons (Fsp3) is 0.769. The van der Waals surface area contributed by atoms with Gasteiger partial charge in [-0.25, -0.2) is 0 Å². The van der Waals surface area contributed by atoms with Gasteiger partial charge in [-0.05, 0) is 64.7 Å². The molecule has 4 N–H and O–H groups in total. The Bertz CT molecular complexity index is 730. The molecule has 0 bridgehead atoms. The van der Waals surface area contributed by atoms with Crippen molar-refractivity contribution in [3.05, 3.63) is 48.6 Å². The Hall–Kier alpha value is -1.69. The van der Waals surface area contributed by atoms with Crippen LogP contribution in [0.1, 0.15) is 168 Å². The normalized spacial score (nSPS) is 14.4. The van der Waals surface area contributed by atoms with E-state index in [1.165, 1.54) is 96.3 Å². The minimum Gasteiger partial charge on any atom is -0.394 e. The largest absolute Gasteiger partial charge is 0.394 e. The lowest BCUT2D eigenvalue weighted by molar-refractivity contribution is -0.131. The molecular formula is C39H71NO4. The lowest BCUT2D eigenvalue weighted by Gasteiger charge is -2.21. The summed E-state index contributed by atoms with van der Waals surface area (Å²) in [6, 6.07) is -0.821. The lowest BCUT2D eigenvalue weighted by Crippen LogP contribution is -2.48. The smallest absolute Gasteiger partial charge is 0.249 e. The van der Waals surface area contributed by atoms with E-state index in [9.17, 15) is 20.1 Å². The van der Waals surface area contributed by atoms with Crippen LogP contribution < -0.4 is 5.32 Å². The van der Waals surface area contributed by atoms with Gasteiger partial charge in [0.25, 0.3) is 0 Å². The van der Waals surface area contributed by atoms with Crippen molar-refractivity contribution < 1.29 is 20.1 Å². The van der Waals surface area contributed by atoms with Crippen LogP contribution in [0.3, 0.4) is 0 Å². The van der Waals surface area contributed by atoms with E-state index in [4.69, 9.17) is 0 Å². The number of aliphatic hydroxyl groups excluding tert-OH is 3. The molecule has 0 rings (SSSR count). The highest BCUT2D eigenvalue weighted by Crippen LogP contribution is 2.13. The second kappa shape index (κ2) is 34.2. The number of carbonyl (C=O) groups is 1. The molecule has 0 heterocycles. The van der Waals surface area contributed by atoms with Crippen LogP contribution in [0.4, 0.5) is 0 Å². The van der Waals surface area contributed by atoms with Crippen molar-refractivity contribution in [2.75, 3.05) is 6.61 Å². The summed E-state index contributed by atoms with van der Waals surface area (Å²) in [6.07, 6.45) is 43.0. The molecule has 0 aromatic heterocycles. The zero-order valence-electron chi connectivity index (χ0n) is 28.8. The van der Waals surface area contributed by atoms with Crippen LogP contribution in [0.2, 0.25) is 0 Å². The Morgan fingerprint density at radius 2 is 1.02 bits per heavy atom. The van der Waals surface area contributed by atoms with Gasteiger partial charge in [0, 0.05) is 0 Å². The van der Waals surface area contributed by atoms with Gasteiger partial charge in [0.2, 0.25) is 5.91 Å². The summed E-state index contributed by atoms with van der Waals surface area (Å²) < 4.78 is 0. The number of allylic oxidation sites excluding steroid dienone is 7. The highest BCUT2D eigenvalue weighted by Gasteiger charge is 2.22. The first-order valence-electron chi connectivity index (χ1n) is 18.4. The molecule has 3 atom stereocenters. The first kappa shape index (κ1) is 42.3. The molecular weight excluding hydrogens is 546 g/mol. The van der Waals surface area contributed by atoms with Crippen molar-refractivity contribution >= 4 is 5.91 Å². The molecule has 0 aliphatic rings. The van der Waals surface area contributed by atoms with Gasteiger partial charge >= 0.3 is 0 Å². The number of nitrogens with one attached hydrogen (secondary N) is 1. The van der Waals surface area contributed by atoms with Crippen molar-refractivity contribution in [2.24, 2.45) is 0 Å². The third-order valence-electron chi connectivity index (χ3n) is 8.21. The molecule has 5 nitrogen and oxygen atoms in total. The van der Waals surface area contributed by atoms with Crippen LogP contribution in [0.5, 0.6) is 0 Å². The van der Waals surface area contributed by atoms with Gasteiger partial charge in [0.15, 0.2) is 0 Å². The van der Waals surface area contributed by atoms with Gasteiger partial charge in [0.05, 0.1) is 18.8 Å². The molecule has 0 spiro atoms. The van der Waals surface area contributed by atoms with Crippen molar-refractivity contribution in [2.45, 2.75) is 186 Å². The topological polar surface area (TPSA) is 89.8 Å². The molecule has 5 heteroatoms. The SMILES string of the molecule is C/C=C/CC/C=C/CC/C=C/C(O)C(CO)NC(=O)C(O)CCCCCCCC/C=C\CCCCCCCCCCCCC. The Morgan fingerprint density at radius 1 is 0.591 bits per heavy atom. The standard InChI is InChI=1S/C39H71NO4/c1-3-5-7-9-11-13-14-15-16-17-18-19-20-21-22-23-24-26-28-30-32-34-38(43)39(44)40-36(35-41)37(42)33-31-29-27-25-12-10-8-6-4-2/h4,6,12,20-21,25,31,33,36-38,41-43H,3,5,7-11,13-19,22-24,26-30,32,34-35H2,1-2H3,(H,40,44)/b6-4+,21-20-,25-12+,33-31+. The fourth-order valence-corrected chi connectivity index (χ4v) is 5.28. The van der Waals surface area contributed by atoms with E-state index in [0.29, 0.717) is 6.42 Å².